The molecule has 0 spiro atoms. The van der Waals surface area contributed by atoms with Crippen LogP contribution in [0.4, 0.5) is 0 Å². The lowest BCUT2D eigenvalue weighted by molar-refractivity contribution is -0.140. The van der Waals surface area contributed by atoms with Crippen molar-refractivity contribution in [2.45, 2.75) is 33.7 Å². The molecule has 0 N–H and O–H groups in total. The van der Waals surface area contributed by atoms with Gasteiger partial charge in [0.1, 0.15) is 0 Å². The van der Waals surface area contributed by atoms with Crippen LogP contribution in [-0.4, -0.2) is 22.0 Å². The van der Waals surface area contributed by atoms with E-state index in [9.17, 15) is 9.59 Å². The molecule has 0 bridgehead atoms. The van der Waals surface area contributed by atoms with E-state index in [0.29, 0.717) is 17.7 Å². The first-order valence-corrected chi connectivity index (χ1v) is 10.8. The van der Waals surface area contributed by atoms with Crippen LogP contribution in [0.2, 0.25) is 0 Å². The maximum absolute atomic E-state index is 12.9. The summed E-state index contributed by atoms with van der Waals surface area (Å²) in [5, 5.41) is 8.00. The largest absolute Gasteiger partial charge is 0.341 e. The van der Waals surface area contributed by atoms with E-state index in [1.165, 1.54) is 18.3 Å². The molecule has 0 unspecified atom stereocenters. The predicted molar refractivity (Wildman–Crippen MR) is 121 cm³/mol. The summed E-state index contributed by atoms with van der Waals surface area (Å²) < 4.78 is 2.24. The third-order valence-corrected chi connectivity index (χ3v) is 6.01. The number of hydrogen-bond acceptors (Lipinski definition) is 5. The van der Waals surface area contributed by atoms with Crippen molar-refractivity contribution in [2.75, 3.05) is 0 Å². The van der Waals surface area contributed by atoms with Crippen LogP contribution in [-0.2, 0) is 16.2 Å². The number of oxime groups is 1. The molecular weight excluding hydrogens is 396 g/mol. The lowest BCUT2D eigenvalue weighted by atomic mass is 10.0. The minimum absolute atomic E-state index is 0.0334. The van der Waals surface area contributed by atoms with Crippen molar-refractivity contribution in [3.8, 4) is 0 Å². The lowest BCUT2D eigenvalue weighted by Crippen LogP contribution is -2.02. The smallest absolute Gasteiger partial charge is 0.331 e. The first-order chi connectivity index (χ1) is 14.5. The van der Waals surface area contributed by atoms with Gasteiger partial charge >= 0.3 is 5.97 Å². The summed E-state index contributed by atoms with van der Waals surface area (Å²) in [5.74, 6) is -0.410. The van der Waals surface area contributed by atoms with E-state index in [1.54, 1.807) is 0 Å². The number of nitrogens with zero attached hydrogens (tertiary/aromatic N) is 2. The lowest BCUT2D eigenvalue weighted by Gasteiger charge is -2.05. The first kappa shape index (κ1) is 20.0. The van der Waals surface area contributed by atoms with Crippen LogP contribution in [0.1, 0.15) is 48.0 Å². The van der Waals surface area contributed by atoms with Gasteiger partial charge in [-0.1, -0.05) is 24.2 Å². The maximum Gasteiger partial charge on any atom is 0.331 e. The molecule has 0 atom stereocenters. The third-order valence-electron chi connectivity index (χ3n) is 5.14. The summed E-state index contributed by atoms with van der Waals surface area (Å²) in [6, 6.07) is 15.8. The van der Waals surface area contributed by atoms with Gasteiger partial charge in [0, 0.05) is 46.4 Å². The third kappa shape index (κ3) is 3.55. The summed E-state index contributed by atoms with van der Waals surface area (Å²) in [5.41, 5.74) is 4.46. The minimum Gasteiger partial charge on any atom is -0.341 e. The summed E-state index contributed by atoms with van der Waals surface area (Å²) in [6.45, 7) is 6.23. The summed E-state index contributed by atoms with van der Waals surface area (Å²) in [7, 11) is 0. The highest BCUT2D eigenvalue weighted by molar-refractivity contribution is 7.12. The van der Waals surface area contributed by atoms with Crippen LogP contribution < -0.4 is 0 Å². The van der Waals surface area contributed by atoms with Crippen molar-refractivity contribution in [1.29, 1.82) is 0 Å². The predicted octanol–water partition coefficient (Wildman–Crippen LogP) is 5.78. The van der Waals surface area contributed by atoms with Crippen molar-refractivity contribution in [3.63, 3.8) is 0 Å². The maximum atomic E-state index is 12.9. The van der Waals surface area contributed by atoms with E-state index in [-0.39, 0.29) is 5.78 Å². The Labute approximate surface area is 178 Å². The molecule has 2 aromatic carbocycles. The number of aromatic nitrogens is 1. The highest BCUT2D eigenvalue weighted by Crippen LogP contribution is 2.32. The van der Waals surface area contributed by atoms with Gasteiger partial charge in [-0.2, -0.15) is 0 Å². The molecule has 0 saturated carbocycles. The Morgan fingerprint density at radius 3 is 2.23 bits per heavy atom. The monoisotopic (exact) mass is 418 g/mol. The number of benzene rings is 2. The van der Waals surface area contributed by atoms with Gasteiger partial charge in [-0.3, -0.25) is 4.79 Å². The molecule has 0 aliphatic heterocycles. The average molecular weight is 419 g/mol. The van der Waals surface area contributed by atoms with E-state index in [0.717, 1.165) is 38.8 Å². The quantitative estimate of drug-likeness (QED) is 0.172. The molecule has 2 heterocycles. The highest BCUT2D eigenvalue weighted by atomic mass is 32.1. The fraction of sp³-hybridized carbons (Fsp3) is 0.208. The molecule has 2 aromatic heterocycles. The molecule has 0 radical (unpaired) electrons. The second-order valence-electron chi connectivity index (χ2n) is 6.99. The Morgan fingerprint density at radius 2 is 1.67 bits per heavy atom. The zero-order chi connectivity index (χ0) is 21.3. The number of aryl methyl sites for hydroxylation is 1. The zero-order valence-electron chi connectivity index (χ0n) is 17.1. The molecule has 4 aromatic rings. The summed E-state index contributed by atoms with van der Waals surface area (Å²) in [4.78, 5) is 29.6. The van der Waals surface area contributed by atoms with Crippen molar-refractivity contribution in [3.05, 3.63) is 69.9 Å². The van der Waals surface area contributed by atoms with Crippen LogP contribution in [0, 0.1) is 0 Å². The van der Waals surface area contributed by atoms with Gasteiger partial charge in [0.2, 0.25) is 5.78 Å². The van der Waals surface area contributed by atoms with Crippen LogP contribution in [0.3, 0.4) is 0 Å². The Balaban J connectivity index is 1.90. The molecule has 0 aliphatic carbocycles. The van der Waals surface area contributed by atoms with E-state index in [4.69, 9.17) is 4.84 Å². The van der Waals surface area contributed by atoms with Gasteiger partial charge in [0.05, 0.1) is 10.6 Å². The number of ketones is 1. The van der Waals surface area contributed by atoms with Crippen LogP contribution in [0.5, 0.6) is 0 Å². The van der Waals surface area contributed by atoms with Crippen molar-refractivity contribution < 1.29 is 14.4 Å². The van der Waals surface area contributed by atoms with Gasteiger partial charge in [-0.25, -0.2) is 4.79 Å². The molecule has 0 saturated heterocycles. The van der Waals surface area contributed by atoms with Crippen LogP contribution >= 0.6 is 11.3 Å². The fourth-order valence-corrected chi connectivity index (χ4v) is 4.44. The second kappa shape index (κ2) is 8.24. The second-order valence-corrected chi connectivity index (χ2v) is 7.94. The van der Waals surface area contributed by atoms with Gasteiger partial charge in [-0.15, -0.1) is 11.3 Å². The Hall–Kier alpha value is -3.25. The van der Waals surface area contributed by atoms with E-state index in [1.807, 2.05) is 48.7 Å². The number of rotatable bonds is 6. The molecular formula is C24H22N2O3S. The molecule has 0 aliphatic rings. The molecule has 4 rings (SSSR count). The average Bonchev–Trinajstić information content (AvgIpc) is 3.39. The van der Waals surface area contributed by atoms with Gasteiger partial charge in [-0.05, 0) is 55.1 Å². The molecule has 0 fully saturated rings. The normalized spacial score (nSPS) is 11.9. The van der Waals surface area contributed by atoms with E-state index >= 15 is 0 Å². The van der Waals surface area contributed by atoms with E-state index < -0.39 is 5.97 Å². The topological polar surface area (TPSA) is 60.7 Å². The van der Waals surface area contributed by atoms with Gasteiger partial charge in [0.25, 0.3) is 0 Å². The van der Waals surface area contributed by atoms with Crippen LogP contribution in [0.25, 0.3) is 21.8 Å². The molecule has 5 nitrogen and oxygen atoms in total. The Morgan fingerprint density at radius 1 is 1.00 bits per heavy atom. The molecule has 6 heteroatoms. The Bertz CT molecular complexity index is 1280. The first-order valence-electron chi connectivity index (χ1n) is 9.92. The van der Waals surface area contributed by atoms with Crippen molar-refractivity contribution in [2.24, 2.45) is 5.16 Å². The minimum atomic E-state index is -0.443. The number of carbonyl (C=O) groups is 2. The summed E-state index contributed by atoms with van der Waals surface area (Å²) in [6.07, 6.45) is 0.632. The summed E-state index contributed by atoms with van der Waals surface area (Å²) >= 11 is 1.45. The number of carbonyl (C=O) groups excluding carboxylic acids is 2. The number of fused-ring (bicyclic) bond motifs is 3. The molecule has 152 valence electrons. The molecule has 0 amide bonds. The number of hydrogen-bond donors (Lipinski definition) is 0. The van der Waals surface area contributed by atoms with Crippen LogP contribution in [0.15, 0.2) is 59.1 Å². The SMILES string of the molecule is CC/C(=N\OC(C)=O)c1ccc2c(c1)c1cc(C(=O)c3cccs3)ccc1n2CC. The van der Waals surface area contributed by atoms with Gasteiger partial charge in [0.15, 0.2) is 0 Å². The number of thiophene rings is 1. The van der Waals surface area contributed by atoms with Crippen molar-refractivity contribution >= 4 is 50.6 Å². The van der Waals surface area contributed by atoms with E-state index in [2.05, 4.69) is 28.8 Å². The van der Waals surface area contributed by atoms with Gasteiger partial charge < -0.3 is 9.40 Å². The standard InChI is InChI=1S/C24H22N2O3S/c1-4-20(25-29-15(3)27)16-8-10-21-18(13-16)19-14-17(9-11-22(19)26(21)5-2)24(28)23-7-6-12-30-23/h6-14H,4-5H2,1-3H3/b25-20+. The van der Waals surface area contributed by atoms with Crippen molar-refractivity contribution in [1.82, 2.24) is 4.57 Å². The zero-order valence-corrected chi connectivity index (χ0v) is 18.0. The highest BCUT2D eigenvalue weighted by Gasteiger charge is 2.16. The fourth-order valence-electron chi connectivity index (χ4n) is 3.76. The Kier molecular flexibility index (Phi) is 5.50. The molecule has 30 heavy (non-hydrogen) atoms.